The Morgan fingerprint density at radius 2 is 1.77 bits per heavy atom. The van der Waals surface area contributed by atoms with Crippen molar-refractivity contribution in [1.29, 1.82) is 0 Å². The van der Waals surface area contributed by atoms with Gasteiger partial charge in [-0.25, -0.2) is 0 Å². The van der Waals surface area contributed by atoms with Crippen molar-refractivity contribution in [2.45, 2.75) is 19.5 Å². The number of carbonyl (C=O) groups excluding carboxylic acids is 2. The summed E-state index contributed by atoms with van der Waals surface area (Å²) >= 11 is 12.1. The van der Waals surface area contributed by atoms with E-state index in [1.165, 1.54) is 17.0 Å². The second-order valence-corrected chi connectivity index (χ2v) is 8.14. The van der Waals surface area contributed by atoms with E-state index in [1.54, 1.807) is 30.6 Å². The number of carbonyl (C=O) groups is 2. The second-order valence-electron chi connectivity index (χ2n) is 7.33. The Morgan fingerprint density at radius 1 is 1.03 bits per heavy atom. The van der Waals surface area contributed by atoms with Gasteiger partial charge >= 0.3 is 0 Å². The molecule has 1 atom stereocenters. The van der Waals surface area contributed by atoms with Crippen LogP contribution in [0.15, 0.2) is 72.6 Å². The lowest BCUT2D eigenvalue weighted by atomic mass is 9.94. The zero-order valence-corrected chi connectivity index (χ0v) is 18.1. The highest BCUT2D eigenvalue weighted by Crippen LogP contribution is 2.41. The molecule has 0 spiro atoms. The summed E-state index contributed by atoms with van der Waals surface area (Å²) < 4.78 is 0. The monoisotopic (exact) mass is 452 g/mol. The number of rotatable bonds is 4. The molecule has 1 aliphatic rings. The number of amides is 1. The molecule has 1 amide bonds. The van der Waals surface area contributed by atoms with Crippen LogP contribution in [0.4, 0.5) is 0 Å². The lowest BCUT2D eigenvalue weighted by Gasteiger charge is -2.25. The number of hydrogen-bond donors (Lipinski definition) is 1. The van der Waals surface area contributed by atoms with Gasteiger partial charge in [0.2, 0.25) is 0 Å². The fourth-order valence-corrected chi connectivity index (χ4v) is 4.01. The highest BCUT2D eigenvalue weighted by molar-refractivity contribution is 6.46. The summed E-state index contributed by atoms with van der Waals surface area (Å²) in [5.41, 5.74) is 2.86. The Morgan fingerprint density at radius 3 is 2.45 bits per heavy atom. The Bertz CT molecular complexity index is 1210. The normalized spacial score (nSPS) is 17.9. The number of aromatic nitrogens is 1. The van der Waals surface area contributed by atoms with Gasteiger partial charge in [-0.15, -0.1) is 0 Å². The molecule has 0 radical (unpaired) electrons. The first-order valence-electron chi connectivity index (χ1n) is 9.56. The largest absolute Gasteiger partial charge is 0.507 e. The molecule has 1 N–H and O–H groups in total. The van der Waals surface area contributed by atoms with Crippen molar-refractivity contribution in [3.05, 3.63) is 105 Å². The smallest absolute Gasteiger partial charge is 0.295 e. The first kappa shape index (κ1) is 21.1. The summed E-state index contributed by atoms with van der Waals surface area (Å²) in [5.74, 6) is -1.71. The number of hydrogen-bond acceptors (Lipinski definition) is 4. The van der Waals surface area contributed by atoms with E-state index in [9.17, 15) is 14.7 Å². The molecule has 156 valence electrons. The molecule has 4 rings (SSSR count). The summed E-state index contributed by atoms with van der Waals surface area (Å²) in [6.45, 7) is 2.13. The van der Waals surface area contributed by atoms with Gasteiger partial charge in [-0.2, -0.15) is 0 Å². The van der Waals surface area contributed by atoms with Crippen molar-refractivity contribution in [3.63, 3.8) is 0 Å². The van der Waals surface area contributed by atoms with Crippen LogP contribution >= 0.6 is 23.2 Å². The fraction of sp³-hybridized carbons (Fsp3) is 0.125. The van der Waals surface area contributed by atoms with Crippen molar-refractivity contribution in [2.75, 3.05) is 0 Å². The van der Waals surface area contributed by atoms with E-state index in [-0.39, 0.29) is 22.9 Å². The van der Waals surface area contributed by atoms with Crippen LogP contribution < -0.4 is 0 Å². The molecule has 2 aromatic carbocycles. The minimum absolute atomic E-state index is 0.0167. The van der Waals surface area contributed by atoms with Crippen LogP contribution in [-0.4, -0.2) is 26.7 Å². The maximum Gasteiger partial charge on any atom is 0.295 e. The summed E-state index contributed by atoms with van der Waals surface area (Å²) in [5, 5.41) is 11.6. The third kappa shape index (κ3) is 4.07. The van der Waals surface area contributed by atoms with Crippen molar-refractivity contribution in [3.8, 4) is 0 Å². The first-order valence-corrected chi connectivity index (χ1v) is 10.3. The molecule has 0 saturated carbocycles. The molecule has 1 fully saturated rings. The SMILES string of the molecule is Cc1cccc(C2/C(=C(/O)c3ccc(Cl)c(Cl)c3)C(=O)C(=O)N2Cc2ccncc2)c1. The average Bonchev–Trinajstić information content (AvgIpc) is 3.01. The number of ketones is 1. The summed E-state index contributed by atoms with van der Waals surface area (Å²) in [6, 6.07) is 14.9. The lowest BCUT2D eigenvalue weighted by molar-refractivity contribution is -0.140. The van der Waals surface area contributed by atoms with Crippen LogP contribution in [0, 0.1) is 6.92 Å². The molecule has 31 heavy (non-hydrogen) atoms. The number of aliphatic hydroxyl groups is 1. The van der Waals surface area contributed by atoms with E-state index in [2.05, 4.69) is 4.98 Å². The van der Waals surface area contributed by atoms with Gasteiger partial charge < -0.3 is 10.0 Å². The van der Waals surface area contributed by atoms with Crippen LogP contribution in [0.1, 0.15) is 28.3 Å². The zero-order chi connectivity index (χ0) is 22.1. The van der Waals surface area contributed by atoms with Gasteiger partial charge in [0, 0.05) is 24.5 Å². The number of benzene rings is 2. The Labute approximate surface area is 189 Å². The lowest BCUT2D eigenvalue weighted by Crippen LogP contribution is -2.29. The molecular weight excluding hydrogens is 435 g/mol. The Kier molecular flexibility index (Phi) is 5.81. The van der Waals surface area contributed by atoms with E-state index in [0.717, 1.165) is 16.7 Å². The number of likely N-dealkylation sites (tertiary alicyclic amines) is 1. The predicted molar refractivity (Wildman–Crippen MR) is 120 cm³/mol. The third-order valence-corrected chi connectivity index (χ3v) is 5.93. The van der Waals surface area contributed by atoms with Crippen molar-refractivity contribution in [1.82, 2.24) is 9.88 Å². The average molecular weight is 453 g/mol. The third-order valence-electron chi connectivity index (χ3n) is 5.19. The summed E-state index contributed by atoms with van der Waals surface area (Å²) in [4.78, 5) is 31.5. The number of halogens is 2. The molecule has 0 bridgehead atoms. The molecule has 5 nitrogen and oxygen atoms in total. The van der Waals surface area contributed by atoms with Gasteiger partial charge in [0.25, 0.3) is 11.7 Å². The van der Waals surface area contributed by atoms with Crippen molar-refractivity contribution >= 4 is 40.7 Å². The van der Waals surface area contributed by atoms with Crippen LogP contribution in [-0.2, 0) is 16.1 Å². The number of aliphatic hydroxyl groups excluding tert-OH is 1. The van der Waals surface area contributed by atoms with Crippen LogP contribution in [0.3, 0.4) is 0 Å². The summed E-state index contributed by atoms with van der Waals surface area (Å²) in [6.07, 6.45) is 3.26. The van der Waals surface area contributed by atoms with E-state index in [4.69, 9.17) is 23.2 Å². The van der Waals surface area contributed by atoms with Gasteiger partial charge in [0.1, 0.15) is 5.76 Å². The number of aryl methyl sites for hydroxylation is 1. The van der Waals surface area contributed by atoms with Crippen LogP contribution in [0.25, 0.3) is 5.76 Å². The van der Waals surface area contributed by atoms with E-state index >= 15 is 0 Å². The highest BCUT2D eigenvalue weighted by atomic mass is 35.5. The maximum atomic E-state index is 13.1. The fourth-order valence-electron chi connectivity index (χ4n) is 3.71. The number of nitrogens with zero attached hydrogens (tertiary/aromatic N) is 2. The molecule has 1 aromatic heterocycles. The molecule has 1 unspecified atom stereocenters. The van der Waals surface area contributed by atoms with E-state index < -0.39 is 17.7 Å². The Balaban J connectivity index is 1.88. The standard InChI is InChI=1S/C24H18Cl2N2O3/c1-14-3-2-4-16(11-14)21-20(22(29)17-5-6-18(25)19(26)12-17)23(30)24(31)28(21)13-15-7-9-27-10-8-15/h2-12,21,29H,13H2,1H3/b22-20-. The Hall–Kier alpha value is -3.15. The highest BCUT2D eigenvalue weighted by Gasteiger charge is 2.46. The van der Waals surface area contributed by atoms with Gasteiger partial charge in [0.05, 0.1) is 21.7 Å². The molecular formula is C24H18Cl2N2O3. The molecule has 0 aliphatic carbocycles. The van der Waals surface area contributed by atoms with E-state index in [1.807, 2.05) is 31.2 Å². The molecule has 3 aromatic rings. The molecule has 7 heteroatoms. The van der Waals surface area contributed by atoms with Crippen molar-refractivity contribution in [2.24, 2.45) is 0 Å². The molecule has 1 saturated heterocycles. The van der Waals surface area contributed by atoms with Crippen LogP contribution in [0.2, 0.25) is 10.0 Å². The van der Waals surface area contributed by atoms with Crippen molar-refractivity contribution < 1.29 is 14.7 Å². The minimum Gasteiger partial charge on any atom is -0.507 e. The topological polar surface area (TPSA) is 70.5 Å². The number of pyridine rings is 1. The zero-order valence-electron chi connectivity index (χ0n) is 16.5. The summed E-state index contributed by atoms with van der Waals surface area (Å²) in [7, 11) is 0. The second kappa shape index (κ2) is 8.53. The maximum absolute atomic E-state index is 13.1. The van der Waals surface area contributed by atoms with Gasteiger partial charge in [-0.3, -0.25) is 14.6 Å². The molecule has 2 heterocycles. The minimum atomic E-state index is -0.748. The predicted octanol–water partition coefficient (Wildman–Crippen LogP) is 5.32. The van der Waals surface area contributed by atoms with Gasteiger partial charge in [-0.1, -0.05) is 53.0 Å². The quantitative estimate of drug-likeness (QED) is 0.330. The van der Waals surface area contributed by atoms with Gasteiger partial charge in [-0.05, 0) is 48.4 Å². The van der Waals surface area contributed by atoms with Gasteiger partial charge in [0.15, 0.2) is 0 Å². The number of Topliss-reactive ketones (excluding diaryl/α,β-unsaturated/α-hetero) is 1. The molecule has 1 aliphatic heterocycles. The van der Waals surface area contributed by atoms with E-state index in [0.29, 0.717) is 10.6 Å². The first-order chi connectivity index (χ1) is 14.9. The van der Waals surface area contributed by atoms with Crippen LogP contribution in [0.5, 0.6) is 0 Å².